The van der Waals surface area contributed by atoms with Gasteiger partial charge in [-0.3, -0.25) is 0 Å². The molecule has 2 atom stereocenters. The second-order valence-electron chi connectivity index (χ2n) is 19.9. The third-order valence-corrected chi connectivity index (χ3v) is 26.0. The molecule has 0 amide bonds. The van der Waals surface area contributed by atoms with Gasteiger partial charge in [-0.1, -0.05) is 177 Å². The number of para-hydroxylation sites is 2. The van der Waals surface area contributed by atoms with Gasteiger partial charge >= 0.3 is 0 Å². The molecule has 0 saturated carbocycles. The zero-order valence-corrected chi connectivity index (χ0v) is 40.6. The van der Waals surface area contributed by atoms with Crippen molar-refractivity contribution in [1.29, 1.82) is 0 Å². The quantitative estimate of drug-likeness (QED) is 0.172. The Morgan fingerprint density at radius 1 is 0.471 bits per heavy atom. The monoisotopic (exact) mass is 934 g/mol. The lowest BCUT2D eigenvalue weighted by Crippen LogP contribution is -2.06. The highest BCUT2D eigenvalue weighted by Gasteiger charge is 2.56. The first-order valence-electron chi connectivity index (χ1n) is 24.7. The SMILES string of the molecule is CCS12CS3(C)c4cc(-c5ccc(-c6cccc7ccccc67)cc5)c5c(oc6ccccc65)c4-c4ccc(c1c43)-c1c2cc(-c2ccc(-c3cccc4c3C=CCC4)cc2)c2c1oc1ccccc12. The van der Waals surface area contributed by atoms with Crippen LogP contribution in [0.1, 0.15) is 24.5 Å². The Hall–Kier alpha value is -7.50. The van der Waals surface area contributed by atoms with Crippen LogP contribution in [0.15, 0.2) is 216 Å². The number of furan rings is 2. The molecule has 0 radical (unpaired) electrons. The van der Waals surface area contributed by atoms with Gasteiger partial charge in [0.15, 0.2) is 0 Å². The minimum absolute atomic E-state index is 0.941. The number of aryl methyl sites for hydroxylation is 1. The predicted molar refractivity (Wildman–Crippen MR) is 298 cm³/mol. The van der Waals surface area contributed by atoms with Crippen molar-refractivity contribution in [1.82, 2.24) is 0 Å². The Bertz CT molecular complexity index is 4320. The van der Waals surface area contributed by atoms with E-state index in [1.807, 2.05) is 0 Å². The number of hydrogen-bond acceptors (Lipinski definition) is 2. The van der Waals surface area contributed by atoms with Crippen molar-refractivity contribution in [3.05, 3.63) is 199 Å². The molecule has 334 valence electrons. The molecule has 10 aromatic carbocycles. The average molecular weight is 935 g/mol. The fourth-order valence-electron chi connectivity index (χ4n) is 13.3. The minimum atomic E-state index is -1.49. The number of hydrogen-bond donors (Lipinski definition) is 0. The zero-order valence-electron chi connectivity index (χ0n) is 38.9. The summed E-state index contributed by atoms with van der Waals surface area (Å²) in [6, 6.07) is 68.3. The van der Waals surface area contributed by atoms with Gasteiger partial charge in [-0.2, -0.15) is 20.1 Å². The summed E-state index contributed by atoms with van der Waals surface area (Å²) in [5, 5.41) is 8.46. The molecule has 2 aromatic heterocycles. The highest BCUT2D eigenvalue weighted by atomic mass is 32.3. The summed E-state index contributed by atoms with van der Waals surface area (Å²) < 4.78 is 14.3. The Kier molecular flexibility index (Phi) is 7.91. The smallest absolute Gasteiger partial charge is 0.144 e. The molecule has 0 spiro atoms. The van der Waals surface area contributed by atoms with E-state index in [1.54, 1.807) is 9.79 Å². The molecule has 2 nitrogen and oxygen atoms in total. The van der Waals surface area contributed by atoms with Crippen LogP contribution in [0.4, 0.5) is 0 Å². The Balaban J connectivity index is 0.898. The molecule has 0 N–H and O–H groups in total. The van der Waals surface area contributed by atoms with Crippen molar-refractivity contribution in [2.45, 2.75) is 39.3 Å². The lowest BCUT2D eigenvalue weighted by molar-refractivity contribution is 0.668. The molecule has 4 aliphatic rings. The number of fused-ring (bicyclic) bond motifs is 16. The van der Waals surface area contributed by atoms with Crippen molar-refractivity contribution in [3.63, 3.8) is 0 Å². The first-order chi connectivity index (χ1) is 34.5. The molecular weight excluding hydrogens is 889 g/mol. The molecule has 12 aromatic rings. The van der Waals surface area contributed by atoms with E-state index in [1.165, 1.54) is 120 Å². The van der Waals surface area contributed by atoms with E-state index in [2.05, 4.69) is 207 Å². The summed E-state index contributed by atoms with van der Waals surface area (Å²) in [4.78, 5) is 6.18. The van der Waals surface area contributed by atoms with Crippen LogP contribution >= 0.6 is 20.1 Å². The third-order valence-electron chi connectivity index (χ3n) is 16.4. The third kappa shape index (κ3) is 5.02. The number of rotatable bonds is 5. The average Bonchev–Trinajstić information content (AvgIpc) is 4.19. The molecule has 0 fully saturated rings. The van der Waals surface area contributed by atoms with Crippen molar-refractivity contribution < 1.29 is 8.83 Å². The first kappa shape index (κ1) is 39.4. The molecule has 1 aliphatic carbocycles. The van der Waals surface area contributed by atoms with Crippen molar-refractivity contribution in [2.75, 3.05) is 17.1 Å². The molecule has 3 aliphatic heterocycles. The van der Waals surface area contributed by atoms with Gasteiger partial charge in [0.2, 0.25) is 0 Å². The lowest BCUT2D eigenvalue weighted by Gasteiger charge is -2.39. The van der Waals surface area contributed by atoms with Crippen LogP contribution in [0.2, 0.25) is 0 Å². The van der Waals surface area contributed by atoms with E-state index in [0.29, 0.717) is 0 Å². The van der Waals surface area contributed by atoms with Gasteiger partial charge in [0.25, 0.3) is 0 Å². The predicted octanol–water partition coefficient (Wildman–Crippen LogP) is 19.3. The molecule has 0 saturated heterocycles. The van der Waals surface area contributed by atoms with Gasteiger partial charge in [0.1, 0.15) is 22.3 Å². The van der Waals surface area contributed by atoms with Crippen molar-refractivity contribution in [2.24, 2.45) is 0 Å². The summed E-state index contributed by atoms with van der Waals surface area (Å²) >= 11 is 0. The van der Waals surface area contributed by atoms with E-state index in [9.17, 15) is 0 Å². The minimum Gasteiger partial charge on any atom is -0.455 e. The lowest BCUT2D eigenvalue weighted by atomic mass is 9.89. The van der Waals surface area contributed by atoms with Crippen molar-refractivity contribution in [3.8, 4) is 66.8 Å². The number of allylic oxidation sites excluding steroid dienone is 1. The summed E-state index contributed by atoms with van der Waals surface area (Å²) in [6.45, 7) is 2.47. The second kappa shape index (κ2) is 14.1. The number of benzene rings is 10. The molecule has 4 heteroatoms. The normalized spacial score (nSPS) is 19.9. The van der Waals surface area contributed by atoms with E-state index >= 15 is 0 Å². The van der Waals surface area contributed by atoms with Crippen LogP contribution in [0.25, 0.3) is 127 Å². The van der Waals surface area contributed by atoms with Gasteiger partial charge in [-0.05, 0) is 116 Å². The summed E-state index contributed by atoms with van der Waals surface area (Å²) in [5.74, 6) is 1.09. The first-order valence-corrected chi connectivity index (χ1v) is 28.9. The van der Waals surface area contributed by atoms with Gasteiger partial charge in [-0.25, -0.2) is 0 Å². The summed E-state index contributed by atoms with van der Waals surface area (Å²) in [5.41, 5.74) is 22.2. The van der Waals surface area contributed by atoms with E-state index in [-0.39, 0.29) is 0 Å². The molecule has 16 rings (SSSR count). The molecular formula is C66H46O2S2. The fraction of sp³-hybridized carbons (Fsp3) is 0.0909. The largest absolute Gasteiger partial charge is 0.455 e. The maximum absolute atomic E-state index is 7.14. The van der Waals surface area contributed by atoms with Gasteiger partial charge in [-0.15, -0.1) is 0 Å². The maximum atomic E-state index is 7.14. The second-order valence-corrected chi connectivity index (χ2v) is 27.1. The molecule has 5 heterocycles. The van der Waals surface area contributed by atoms with Gasteiger partial charge in [0.05, 0.1) is 0 Å². The van der Waals surface area contributed by atoms with Crippen LogP contribution < -0.4 is 0 Å². The molecule has 2 unspecified atom stereocenters. The van der Waals surface area contributed by atoms with E-state index in [4.69, 9.17) is 8.83 Å². The zero-order chi connectivity index (χ0) is 46.0. The van der Waals surface area contributed by atoms with E-state index < -0.39 is 20.1 Å². The van der Waals surface area contributed by atoms with Crippen LogP contribution in [0, 0.1) is 0 Å². The van der Waals surface area contributed by atoms with Gasteiger partial charge < -0.3 is 8.83 Å². The summed E-state index contributed by atoms with van der Waals surface area (Å²) in [6.07, 6.45) is 9.49. The van der Waals surface area contributed by atoms with Crippen molar-refractivity contribution >= 4 is 80.8 Å². The van der Waals surface area contributed by atoms with Gasteiger partial charge in [0, 0.05) is 68.5 Å². The molecule has 70 heavy (non-hydrogen) atoms. The maximum Gasteiger partial charge on any atom is 0.144 e. The van der Waals surface area contributed by atoms with E-state index in [0.717, 1.165) is 46.0 Å². The highest BCUT2D eigenvalue weighted by molar-refractivity contribution is 8.51. The highest BCUT2D eigenvalue weighted by Crippen LogP contribution is 2.91. The van der Waals surface area contributed by atoms with Crippen LogP contribution in [0.5, 0.6) is 0 Å². The van der Waals surface area contributed by atoms with Crippen LogP contribution in [-0.2, 0) is 6.42 Å². The Morgan fingerprint density at radius 2 is 1.00 bits per heavy atom. The Labute approximate surface area is 409 Å². The Morgan fingerprint density at radius 3 is 1.67 bits per heavy atom. The molecule has 0 bridgehead atoms. The summed E-state index contributed by atoms with van der Waals surface area (Å²) in [7, 11) is -2.97. The fourth-order valence-corrected chi connectivity index (χ4v) is 25.4. The van der Waals surface area contributed by atoms with Crippen LogP contribution in [-0.4, -0.2) is 17.1 Å². The topological polar surface area (TPSA) is 26.3 Å². The standard InChI is InChI=1S/C66H46O2S2/c1-3-70-38-69(2)57-36-53(43-30-26-41(27-31-43)47-22-12-16-39-14-4-6-18-45(39)47)59-49-20-8-10-24-55(49)67-63(59)61(57)51-34-35-52(66(70)65(51)69)62-58(70)37-54(60-50-21-9-11-25-56(50)68-64(60)62)44-32-28-42(29-33-44)48-23-13-17-40-15-5-7-19-46(40)48/h4,6-14,16-37H,3,5,15,38H2,1-2H3. The van der Waals surface area contributed by atoms with Crippen LogP contribution in [0.3, 0.4) is 0 Å².